The van der Waals surface area contributed by atoms with Gasteiger partial charge >= 0.3 is 5.97 Å². The van der Waals surface area contributed by atoms with Gasteiger partial charge in [-0.15, -0.1) is 12.6 Å². The lowest BCUT2D eigenvalue weighted by atomic mass is 9.82. The molecule has 0 saturated carbocycles. The molecule has 404 valence electrons. The van der Waals surface area contributed by atoms with Crippen LogP contribution in [0.1, 0.15) is 137 Å². The Hall–Kier alpha value is -6.37. The maximum absolute atomic E-state index is 15.4. The number of amides is 7. The molecule has 19 heteroatoms. The van der Waals surface area contributed by atoms with Crippen LogP contribution in [0.15, 0.2) is 72.9 Å². The number of benzene rings is 2. The smallest absolute Gasteiger partial charge is 0.308 e. The third kappa shape index (κ3) is 19.5. The molecular formula is C55H75F2N7O9S. The molecule has 0 radical (unpaired) electrons. The van der Waals surface area contributed by atoms with Crippen molar-refractivity contribution in [3.05, 3.63) is 95.8 Å². The van der Waals surface area contributed by atoms with E-state index in [1.54, 1.807) is 44.9 Å². The van der Waals surface area contributed by atoms with E-state index in [1.807, 2.05) is 55.7 Å². The number of thiol groups is 1. The predicted molar refractivity (Wildman–Crippen MR) is 281 cm³/mol. The van der Waals surface area contributed by atoms with Gasteiger partial charge in [-0.05, 0) is 94.0 Å². The topological polar surface area (TPSA) is 205 Å². The van der Waals surface area contributed by atoms with E-state index in [-0.39, 0.29) is 99.3 Å². The molecule has 0 bridgehead atoms. The summed E-state index contributed by atoms with van der Waals surface area (Å²) in [6.07, 6.45) is 7.11. The highest BCUT2D eigenvalue weighted by Gasteiger charge is 2.37. The van der Waals surface area contributed by atoms with Crippen molar-refractivity contribution in [3.63, 3.8) is 0 Å². The van der Waals surface area contributed by atoms with Gasteiger partial charge in [-0.1, -0.05) is 71.4 Å². The summed E-state index contributed by atoms with van der Waals surface area (Å²) < 4.78 is 37.1. The number of carbonyl (C=O) groups excluding carboxylic acids is 8. The number of unbranched alkanes of at least 4 members (excludes halogenated alkanes) is 3. The molecule has 1 aromatic heterocycles. The Labute approximate surface area is 439 Å². The SMILES string of the molecule is CC(NC(=O)C(NC(=O)CCCCCN1C(=O)C=CC1=O)C(C)C)C(=O)NCCCN(C(=O)CCCCC(=O)NCCC(=O)OC(C)(C)S)C(c1cc(-c2cc(F)ccc2F)cn1Cc1ccccc1)C(C)(C)C. The molecule has 0 fully saturated rings. The van der Waals surface area contributed by atoms with E-state index in [4.69, 9.17) is 4.74 Å². The Balaban J connectivity index is 1.46. The summed E-state index contributed by atoms with van der Waals surface area (Å²) in [5, 5.41) is 11.1. The number of imide groups is 1. The van der Waals surface area contributed by atoms with Crippen LogP contribution in [0.25, 0.3) is 11.1 Å². The number of nitrogens with zero attached hydrogens (tertiary/aromatic N) is 3. The molecule has 7 amide bonds. The van der Waals surface area contributed by atoms with Crippen molar-refractivity contribution < 1.29 is 51.9 Å². The highest BCUT2D eigenvalue weighted by molar-refractivity contribution is 7.81. The summed E-state index contributed by atoms with van der Waals surface area (Å²) in [7, 11) is 0. The zero-order valence-corrected chi connectivity index (χ0v) is 45.0. The highest BCUT2D eigenvalue weighted by atomic mass is 32.1. The summed E-state index contributed by atoms with van der Waals surface area (Å²) in [5.41, 5.74) is 1.46. The normalized spacial score (nSPS) is 13.9. The Bertz CT molecular complexity index is 2450. The first-order chi connectivity index (χ1) is 34.8. The van der Waals surface area contributed by atoms with Crippen LogP contribution in [0.4, 0.5) is 8.78 Å². The van der Waals surface area contributed by atoms with E-state index >= 15 is 4.39 Å². The van der Waals surface area contributed by atoms with E-state index < -0.39 is 57.9 Å². The Morgan fingerprint density at radius 1 is 0.730 bits per heavy atom. The molecule has 1 aliphatic heterocycles. The van der Waals surface area contributed by atoms with Gasteiger partial charge in [0.25, 0.3) is 11.8 Å². The second kappa shape index (κ2) is 28.3. The van der Waals surface area contributed by atoms with E-state index in [9.17, 15) is 42.7 Å². The molecule has 0 spiro atoms. The van der Waals surface area contributed by atoms with Crippen LogP contribution < -0.4 is 21.3 Å². The molecule has 74 heavy (non-hydrogen) atoms. The summed E-state index contributed by atoms with van der Waals surface area (Å²) in [5.74, 6) is -4.62. The zero-order chi connectivity index (χ0) is 54.8. The molecule has 16 nitrogen and oxygen atoms in total. The first kappa shape index (κ1) is 60.2. The van der Waals surface area contributed by atoms with Gasteiger partial charge in [0.2, 0.25) is 29.5 Å². The van der Waals surface area contributed by atoms with Crippen LogP contribution in [0.2, 0.25) is 0 Å². The lowest BCUT2D eigenvalue weighted by Gasteiger charge is -2.41. The molecular weight excluding hydrogens is 973 g/mol. The highest BCUT2D eigenvalue weighted by Crippen LogP contribution is 2.41. The van der Waals surface area contributed by atoms with Crippen molar-refractivity contribution in [1.29, 1.82) is 0 Å². The van der Waals surface area contributed by atoms with Gasteiger partial charge in [0.05, 0.1) is 12.5 Å². The Morgan fingerprint density at radius 3 is 2.03 bits per heavy atom. The maximum atomic E-state index is 15.4. The van der Waals surface area contributed by atoms with Crippen molar-refractivity contribution in [1.82, 2.24) is 35.6 Å². The van der Waals surface area contributed by atoms with Gasteiger partial charge in [-0.25, -0.2) is 8.78 Å². The molecule has 1 aliphatic rings. The van der Waals surface area contributed by atoms with Crippen LogP contribution in [0, 0.1) is 23.0 Å². The fourth-order valence-electron chi connectivity index (χ4n) is 8.58. The van der Waals surface area contributed by atoms with E-state index in [0.29, 0.717) is 49.9 Å². The molecule has 0 saturated heterocycles. The van der Waals surface area contributed by atoms with Crippen LogP contribution >= 0.6 is 12.6 Å². The summed E-state index contributed by atoms with van der Waals surface area (Å²) in [6.45, 7) is 15.3. The van der Waals surface area contributed by atoms with Gasteiger partial charge < -0.3 is 35.5 Å². The molecule has 3 atom stereocenters. The molecule has 4 rings (SSSR count). The lowest BCUT2D eigenvalue weighted by Crippen LogP contribution is -2.54. The standard InChI is InChI=1S/C55H75F2N7O9S/c1-36(2)50(61-45(66)21-13-10-16-30-63-47(68)25-26-48(63)69)53(72)60-37(3)52(71)59-28-17-31-64(46(67)22-15-14-20-44(65)58-29-27-49(70)73-55(7,8)74)51(54(4,5)6)43-32-39(41-33-40(56)23-24-42(41)57)35-62(43)34-38-18-11-9-12-19-38/h9,11-12,18-19,23-26,32-33,35-37,50-51,74H,10,13-17,20-22,27-31,34H2,1-8H3,(H,58,65)(H,59,71)(H,60,72)(H,61,66). The molecule has 3 unspecified atom stereocenters. The van der Waals surface area contributed by atoms with Crippen molar-refractivity contribution >= 4 is 59.9 Å². The number of nitrogens with one attached hydrogen (secondary N) is 4. The number of esters is 1. The minimum atomic E-state index is -0.986. The zero-order valence-electron chi connectivity index (χ0n) is 44.1. The average Bonchev–Trinajstić information content (AvgIpc) is 3.87. The van der Waals surface area contributed by atoms with E-state index in [1.165, 1.54) is 19.1 Å². The number of carbonyl (C=O) groups is 8. The number of aromatic nitrogens is 1. The van der Waals surface area contributed by atoms with Gasteiger partial charge in [0.15, 0.2) is 0 Å². The first-order valence-corrected chi connectivity index (χ1v) is 25.9. The fraction of sp³-hybridized carbons (Fsp3) is 0.527. The number of ether oxygens (including phenoxy) is 1. The predicted octanol–water partition coefficient (Wildman–Crippen LogP) is 7.31. The number of rotatable bonds is 29. The van der Waals surface area contributed by atoms with Gasteiger partial charge in [0, 0.05) is 87.2 Å². The van der Waals surface area contributed by atoms with E-state index in [0.717, 1.165) is 28.7 Å². The van der Waals surface area contributed by atoms with Crippen LogP contribution in [0.5, 0.6) is 0 Å². The number of halogens is 2. The van der Waals surface area contributed by atoms with Crippen molar-refractivity contribution in [2.75, 3.05) is 26.2 Å². The number of hydrogen-bond donors (Lipinski definition) is 5. The largest absolute Gasteiger partial charge is 0.449 e. The lowest BCUT2D eigenvalue weighted by molar-refractivity contribution is -0.149. The van der Waals surface area contributed by atoms with Gasteiger partial charge in [0.1, 0.15) is 28.7 Å². The minimum Gasteiger partial charge on any atom is -0.449 e. The molecule has 0 aliphatic carbocycles. The minimum absolute atomic E-state index is 0.0261. The van der Waals surface area contributed by atoms with Gasteiger partial charge in [-0.3, -0.25) is 43.3 Å². The fourth-order valence-corrected chi connectivity index (χ4v) is 8.69. The average molecular weight is 1050 g/mol. The summed E-state index contributed by atoms with van der Waals surface area (Å²) in [6, 6.07) is 12.1. The summed E-state index contributed by atoms with van der Waals surface area (Å²) >= 11 is 4.19. The third-order valence-electron chi connectivity index (χ3n) is 12.2. The first-order valence-electron chi connectivity index (χ1n) is 25.5. The second-order valence-corrected chi connectivity index (χ2v) is 21.7. The molecule has 4 N–H and O–H groups in total. The van der Waals surface area contributed by atoms with E-state index in [2.05, 4.69) is 33.9 Å². The maximum Gasteiger partial charge on any atom is 0.308 e. The molecule has 2 heterocycles. The van der Waals surface area contributed by atoms with Crippen molar-refractivity contribution in [2.24, 2.45) is 11.3 Å². The monoisotopic (exact) mass is 1050 g/mol. The van der Waals surface area contributed by atoms with Gasteiger partial charge in [-0.2, -0.15) is 0 Å². The second-order valence-electron chi connectivity index (χ2n) is 20.6. The quantitative estimate of drug-likeness (QED) is 0.0155. The Kier molecular flexibility index (Phi) is 23.1. The Morgan fingerprint density at radius 2 is 1.38 bits per heavy atom. The van der Waals surface area contributed by atoms with Crippen molar-refractivity contribution in [2.45, 2.75) is 149 Å². The van der Waals surface area contributed by atoms with Crippen LogP contribution in [-0.4, -0.2) is 105 Å². The van der Waals surface area contributed by atoms with Crippen LogP contribution in [0.3, 0.4) is 0 Å². The van der Waals surface area contributed by atoms with Crippen molar-refractivity contribution in [3.8, 4) is 11.1 Å². The van der Waals surface area contributed by atoms with Crippen LogP contribution in [-0.2, 0) is 49.6 Å². The summed E-state index contributed by atoms with van der Waals surface area (Å²) in [4.78, 5) is 105. The molecule has 3 aromatic rings. The molecule has 2 aromatic carbocycles. The third-order valence-corrected chi connectivity index (χ3v) is 12.3. The number of hydrogen-bond acceptors (Lipinski definition) is 10.